The molecule has 2 nitrogen and oxygen atoms in total. The second-order valence-electron chi connectivity index (χ2n) is 4.04. The van der Waals surface area contributed by atoms with Gasteiger partial charge in [-0.15, -0.1) is 13.2 Å². The number of benzene rings is 2. The zero-order valence-electron chi connectivity index (χ0n) is 10.1. The Labute approximate surface area is 121 Å². The third-order valence-electron chi connectivity index (χ3n) is 2.61. The monoisotopic (exact) mass is 346 g/mol. The van der Waals surface area contributed by atoms with Gasteiger partial charge in [0.1, 0.15) is 11.9 Å². The molecule has 0 aliphatic heterocycles. The second kappa shape index (κ2) is 5.85. The Balaban J connectivity index is 2.41. The highest BCUT2D eigenvalue weighted by molar-refractivity contribution is 9.10. The largest absolute Gasteiger partial charge is 0.573 e. The SMILES string of the molecule is OC(c1ccccc1)c1cc(Br)ccc1OC(F)(F)F. The van der Waals surface area contributed by atoms with Gasteiger partial charge in [-0.1, -0.05) is 46.3 Å². The van der Waals surface area contributed by atoms with Crippen LogP contribution in [0.15, 0.2) is 53.0 Å². The summed E-state index contributed by atoms with van der Waals surface area (Å²) >= 11 is 3.17. The lowest BCUT2D eigenvalue weighted by atomic mass is 10.0. The fraction of sp³-hybridized carbons (Fsp3) is 0.143. The molecule has 20 heavy (non-hydrogen) atoms. The molecule has 0 aliphatic rings. The normalized spacial score (nSPS) is 13.1. The number of aliphatic hydroxyl groups is 1. The highest BCUT2D eigenvalue weighted by Crippen LogP contribution is 2.35. The Bertz CT molecular complexity index is 585. The van der Waals surface area contributed by atoms with Crippen molar-refractivity contribution in [3.63, 3.8) is 0 Å². The smallest absolute Gasteiger partial charge is 0.405 e. The van der Waals surface area contributed by atoms with Gasteiger partial charge in [-0.2, -0.15) is 0 Å². The van der Waals surface area contributed by atoms with Gasteiger partial charge in [0.15, 0.2) is 0 Å². The molecule has 0 radical (unpaired) electrons. The van der Waals surface area contributed by atoms with Gasteiger partial charge in [0.25, 0.3) is 0 Å². The number of ether oxygens (including phenoxy) is 1. The average molecular weight is 347 g/mol. The van der Waals surface area contributed by atoms with Crippen molar-refractivity contribution < 1.29 is 23.0 Å². The van der Waals surface area contributed by atoms with E-state index in [1.54, 1.807) is 30.3 Å². The summed E-state index contributed by atoms with van der Waals surface area (Å²) in [5.41, 5.74) is 0.528. The summed E-state index contributed by atoms with van der Waals surface area (Å²) in [6.07, 6.45) is -6.01. The quantitative estimate of drug-likeness (QED) is 0.890. The lowest BCUT2D eigenvalue weighted by Gasteiger charge is -2.18. The minimum atomic E-state index is -4.81. The van der Waals surface area contributed by atoms with Gasteiger partial charge in [-0.25, -0.2) is 0 Å². The summed E-state index contributed by atoms with van der Waals surface area (Å²) in [5, 5.41) is 10.2. The van der Waals surface area contributed by atoms with Crippen LogP contribution in [0.25, 0.3) is 0 Å². The first kappa shape index (κ1) is 14.9. The standard InChI is InChI=1S/C14H10BrF3O2/c15-10-6-7-12(20-14(16,17)18)11(8-10)13(19)9-4-2-1-3-5-9/h1-8,13,19H. The first-order chi connectivity index (χ1) is 9.37. The summed E-state index contributed by atoms with van der Waals surface area (Å²) in [4.78, 5) is 0. The van der Waals surface area contributed by atoms with Gasteiger partial charge in [0.05, 0.1) is 0 Å². The molecule has 6 heteroatoms. The van der Waals surface area contributed by atoms with Crippen molar-refractivity contribution in [2.45, 2.75) is 12.5 Å². The van der Waals surface area contributed by atoms with Crippen LogP contribution < -0.4 is 4.74 Å². The topological polar surface area (TPSA) is 29.5 Å². The predicted octanol–water partition coefficient (Wildman–Crippen LogP) is 4.43. The van der Waals surface area contributed by atoms with E-state index in [-0.39, 0.29) is 5.56 Å². The highest BCUT2D eigenvalue weighted by Gasteiger charge is 2.33. The van der Waals surface area contributed by atoms with Gasteiger partial charge in [-0.3, -0.25) is 0 Å². The molecule has 0 amide bonds. The lowest BCUT2D eigenvalue weighted by Crippen LogP contribution is -2.19. The van der Waals surface area contributed by atoms with E-state index in [4.69, 9.17) is 0 Å². The maximum atomic E-state index is 12.4. The van der Waals surface area contributed by atoms with E-state index in [1.165, 1.54) is 18.2 Å². The number of aliphatic hydroxyl groups excluding tert-OH is 1. The molecule has 0 saturated heterocycles. The number of hydrogen-bond donors (Lipinski definition) is 1. The summed E-state index contributed by atoms with van der Waals surface area (Å²) < 4.78 is 41.6. The maximum Gasteiger partial charge on any atom is 0.573 e. The van der Waals surface area contributed by atoms with E-state index in [2.05, 4.69) is 20.7 Å². The summed E-state index contributed by atoms with van der Waals surface area (Å²) in [7, 11) is 0. The molecule has 0 bridgehead atoms. The average Bonchev–Trinajstić information content (AvgIpc) is 2.39. The van der Waals surface area contributed by atoms with Crippen LogP contribution in [0.2, 0.25) is 0 Å². The predicted molar refractivity (Wildman–Crippen MR) is 71.3 cm³/mol. The van der Waals surface area contributed by atoms with Crippen molar-refractivity contribution in [1.82, 2.24) is 0 Å². The number of rotatable bonds is 3. The fourth-order valence-electron chi connectivity index (χ4n) is 1.77. The Hall–Kier alpha value is -1.53. The molecule has 2 rings (SSSR count). The highest BCUT2D eigenvalue weighted by atomic mass is 79.9. The van der Waals surface area contributed by atoms with Crippen molar-refractivity contribution in [2.75, 3.05) is 0 Å². The van der Waals surface area contributed by atoms with Crippen LogP contribution in [0.4, 0.5) is 13.2 Å². The number of alkyl halides is 3. The summed E-state index contributed by atoms with van der Waals surface area (Å²) in [6.45, 7) is 0. The molecular weight excluding hydrogens is 337 g/mol. The van der Waals surface area contributed by atoms with Crippen LogP contribution in [0.3, 0.4) is 0 Å². The molecule has 0 fully saturated rings. The van der Waals surface area contributed by atoms with E-state index in [0.29, 0.717) is 10.0 Å². The van der Waals surface area contributed by atoms with Crippen LogP contribution in [0, 0.1) is 0 Å². The lowest BCUT2D eigenvalue weighted by molar-refractivity contribution is -0.275. The van der Waals surface area contributed by atoms with Crippen LogP contribution in [0.5, 0.6) is 5.75 Å². The van der Waals surface area contributed by atoms with Crippen molar-refractivity contribution in [3.05, 3.63) is 64.1 Å². The van der Waals surface area contributed by atoms with Crippen molar-refractivity contribution in [3.8, 4) is 5.75 Å². The molecule has 0 saturated carbocycles. The molecule has 1 atom stereocenters. The molecule has 0 aromatic heterocycles. The van der Waals surface area contributed by atoms with Gasteiger partial charge in [-0.05, 0) is 23.8 Å². The van der Waals surface area contributed by atoms with Crippen molar-refractivity contribution in [2.24, 2.45) is 0 Å². The molecule has 1 N–H and O–H groups in total. The maximum absolute atomic E-state index is 12.4. The first-order valence-electron chi connectivity index (χ1n) is 5.65. The van der Waals surface area contributed by atoms with Crippen LogP contribution in [0.1, 0.15) is 17.2 Å². The summed E-state index contributed by atoms with van der Waals surface area (Å²) in [5.74, 6) is -0.419. The molecule has 2 aromatic carbocycles. The zero-order chi connectivity index (χ0) is 14.8. The third kappa shape index (κ3) is 3.74. The van der Waals surface area contributed by atoms with Gasteiger partial charge in [0, 0.05) is 10.0 Å². The number of halogens is 4. The molecule has 0 spiro atoms. The number of hydrogen-bond acceptors (Lipinski definition) is 2. The Kier molecular flexibility index (Phi) is 4.35. The van der Waals surface area contributed by atoms with Crippen LogP contribution in [-0.4, -0.2) is 11.5 Å². The van der Waals surface area contributed by atoms with E-state index < -0.39 is 18.2 Å². The molecular formula is C14H10BrF3O2. The second-order valence-corrected chi connectivity index (χ2v) is 4.96. The minimum Gasteiger partial charge on any atom is -0.405 e. The molecule has 0 heterocycles. The summed E-state index contributed by atoms with van der Waals surface area (Å²) in [6, 6.07) is 12.4. The van der Waals surface area contributed by atoms with Crippen molar-refractivity contribution >= 4 is 15.9 Å². The Morgan fingerprint density at radius 3 is 2.30 bits per heavy atom. The first-order valence-corrected chi connectivity index (χ1v) is 6.44. The van der Waals surface area contributed by atoms with Crippen LogP contribution in [-0.2, 0) is 0 Å². The Morgan fingerprint density at radius 1 is 1.05 bits per heavy atom. The third-order valence-corrected chi connectivity index (χ3v) is 3.10. The molecule has 106 valence electrons. The van der Waals surface area contributed by atoms with E-state index >= 15 is 0 Å². The van der Waals surface area contributed by atoms with E-state index in [9.17, 15) is 18.3 Å². The van der Waals surface area contributed by atoms with E-state index in [0.717, 1.165) is 0 Å². The fourth-order valence-corrected chi connectivity index (χ4v) is 2.14. The molecule has 1 unspecified atom stereocenters. The zero-order valence-corrected chi connectivity index (χ0v) is 11.6. The Morgan fingerprint density at radius 2 is 1.70 bits per heavy atom. The van der Waals surface area contributed by atoms with Gasteiger partial charge < -0.3 is 9.84 Å². The van der Waals surface area contributed by atoms with Gasteiger partial charge >= 0.3 is 6.36 Å². The molecule has 2 aromatic rings. The van der Waals surface area contributed by atoms with Crippen molar-refractivity contribution in [1.29, 1.82) is 0 Å². The van der Waals surface area contributed by atoms with Crippen LogP contribution >= 0.6 is 15.9 Å². The minimum absolute atomic E-state index is 0.0444. The molecule has 0 aliphatic carbocycles. The van der Waals surface area contributed by atoms with E-state index in [1.807, 2.05) is 0 Å². The van der Waals surface area contributed by atoms with Gasteiger partial charge in [0.2, 0.25) is 0 Å².